The van der Waals surface area contributed by atoms with Crippen LogP contribution >= 0.6 is 23.1 Å². The zero-order valence-corrected chi connectivity index (χ0v) is 22.3. The van der Waals surface area contributed by atoms with Crippen LogP contribution in [-0.2, 0) is 17.3 Å². The number of hydrogen-bond donors (Lipinski definition) is 1. The van der Waals surface area contributed by atoms with E-state index in [1.54, 1.807) is 11.3 Å². The lowest BCUT2D eigenvalue weighted by molar-refractivity contribution is 0.0942. The fourth-order valence-electron chi connectivity index (χ4n) is 5.06. The lowest BCUT2D eigenvalue weighted by Gasteiger charge is -2.25. The molecule has 178 valence electrons. The Hall–Kier alpha value is -1.33. The quantitative estimate of drug-likeness (QED) is 0.476. The minimum Gasteiger partial charge on any atom is -0.346 e. The van der Waals surface area contributed by atoms with Crippen LogP contribution in [0.5, 0.6) is 0 Å². The van der Waals surface area contributed by atoms with E-state index in [1.165, 1.54) is 66.5 Å². The molecule has 3 nitrogen and oxygen atoms in total. The first-order valence-electron chi connectivity index (χ1n) is 12.8. The van der Waals surface area contributed by atoms with Crippen molar-refractivity contribution in [2.75, 3.05) is 11.5 Å². The van der Waals surface area contributed by atoms with E-state index in [4.69, 9.17) is 4.98 Å². The molecule has 5 heteroatoms. The van der Waals surface area contributed by atoms with Gasteiger partial charge in [0.15, 0.2) is 5.01 Å². The topological polar surface area (TPSA) is 42.0 Å². The van der Waals surface area contributed by atoms with Gasteiger partial charge >= 0.3 is 0 Å². The summed E-state index contributed by atoms with van der Waals surface area (Å²) in [4.78, 5) is 19.2. The maximum atomic E-state index is 13.0. The molecule has 3 fully saturated rings. The summed E-state index contributed by atoms with van der Waals surface area (Å²) in [7, 11) is 0. The Bertz CT molecular complexity index is 998. The standard InChI is InChI=1S/C28H38N2OS2/c1-27(2,3)20-13-19(14-21(15-20)28(4)10-11-28)24-23(12-18-8-6-5-7-9-18)30-26(33-24)25(31)29-22-16-32-17-22/h13-15,18,22H,5-12,16-17H2,1-4H3,(H,29,31). The Kier molecular flexibility index (Phi) is 6.41. The van der Waals surface area contributed by atoms with Crippen LogP contribution in [-0.4, -0.2) is 28.4 Å². The molecule has 1 amide bonds. The molecule has 0 radical (unpaired) electrons. The van der Waals surface area contributed by atoms with Crippen LogP contribution in [0.4, 0.5) is 0 Å². The molecule has 2 aromatic rings. The van der Waals surface area contributed by atoms with Gasteiger partial charge in [-0.05, 0) is 64.8 Å². The van der Waals surface area contributed by atoms with Gasteiger partial charge in [-0.2, -0.15) is 11.8 Å². The van der Waals surface area contributed by atoms with Gasteiger partial charge in [-0.25, -0.2) is 4.98 Å². The predicted molar refractivity (Wildman–Crippen MR) is 142 cm³/mol. The first kappa shape index (κ1) is 23.4. The van der Waals surface area contributed by atoms with Crippen molar-refractivity contribution in [3.63, 3.8) is 0 Å². The maximum absolute atomic E-state index is 13.0. The summed E-state index contributed by atoms with van der Waals surface area (Å²) >= 11 is 3.51. The van der Waals surface area contributed by atoms with Crippen molar-refractivity contribution in [3.8, 4) is 10.4 Å². The summed E-state index contributed by atoms with van der Waals surface area (Å²) in [5, 5.41) is 3.84. The molecule has 1 aromatic heterocycles. The Morgan fingerprint density at radius 2 is 1.85 bits per heavy atom. The smallest absolute Gasteiger partial charge is 0.280 e. The van der Waals surface area contributed by atoms with Crippen molar-refractivity contribution < 1.29 is 4.79 Å². The fraction of sp³-hybridized carbons (Fsp3) is 0.643. The van der Waals surface area contributed by atoms with E-state index in [-0.39, 0.29) is 11.3 Å². The van der Waals surface area contributed by atoms with Crippen molar-refractivity contribution in [1.29, 1.82) is 0 Å². The number of hydrogen-bond acceptors (Lipinski definition) is 4. The molecule has 1 N–H and O–H groups in total. The monoisotopic (exact) mass is 482 g/mol. The highest BCUT2D eigenvalue weighted by atomic mass is 32.2. The van der Waals surface area contributed by atoms with E-state index in [9.17, 15) is 4.79 Å². The third-order valence-corrected chi connectivity index (χ3v) is 10.3. The molecule has 2 saturated carbocycles. The molecule has 0 unspecified atom stereocenters. The zero-order chi connectivity index (χ0) is 23.2. The summed E-state index contributed by atoms with van der Waals surface area (Å²) < 4.78 is 0. The first-order valence-corrected chi connectivity index (χ1v) is 14.7. The molecule has 2 aliphatic carbocycles. The van der Waals surface area contributed by atoms with E-state index in [0.29, 0.717) is 22.4 Å². The second-order valence-corrected chi connectivity index (χ2v) is 13.9. The minimum absolute atomic E-state index is 0.0165. The number of nitrogens with one attached hydrogen (secondary N) is 1. The molecule has 1 saturated heterocycles. The number of rotatable bonds is 6. The SMILES string of the molecule is CC(C)(C)c1cc(-c2sc(C(=O)NC3CSC3)nc2CC2CCCCC2)cc(C2(C)CC2)c1. The molecule has 1 aromatic carbocycles. The van der Waals surface area contributed by atoms with E-state index < -0.39 is 0 Å². The number of carbonyl (C=O) groups excluding carboxylic acids is 1. The Morgan fingerprint density at radius 1 is 1.12 bits per heavy atom. The van der Waals surface area contributed by atoms with Crippen molar-refractivity contribution in [2.24, 2.45) is 5.92 Å². The van der Waals surface area contributed by atoms with E-state index in [2.05, 4.69) is 51.2 Å². The van der Waals surface area contributed by atoms with Gasteiger partial charge in [0.2, 0.25) is 0 Å². The molecular formula is C28H38N2OS2. The maximum Gasteiger partial charge on any atom is 0.280 e. The van der Waals surface area contributed by atoms with Crippen molar-refractivity contribution in [3.05, 3.63) is 40.0 Å². The Morgan fingerprint density at radius 3 is 2.45 bits per heavy atom. The average Bonchev–Trinajstić information content (AvgIpc) is 3.37. The number of thiazole rings is 1. The molecule has 33 heavy (non-hydrogen) atoms. The first-order chi connectivity index (χ1) is 15.7. The van der Waals surface area contributed by atoms with Gasteiger partial charge in [0.25, 0.3) is 5.91 Å². The summed E-state index contributed by atoms with van der Waals surface area (Å²) in [6.07, 6.45) is 10.2. The molecule has 0 atom stereocenters. The number of carbonyl (C=O) groups is 1. The summed E-state index contributed by atoms with van der Waals surface area (Å²) in [6, 6.07) is 7.52. The van der Waals surface area contributed by atoms with Gasteiger partial charge in [-0.15, -0.1) is 11.3 Å². The third kappa shape index (κ3) is 5.19. The highest BCUT2D eigenvalue weighted by Gasteiger charge is 2.40. The largest absolute Gasteiger partial charge is 0.346 e. The summed E-state index contributed by atoms with van der Waals surface area (Å²) in [6.45, 7) is 9.30. The van der Waals surface area contributed by atoms with Crippen LogP contribution < -0.4 is 5.32 Å². The van der Waals surface area contributed by atoms with Gasteiger partial charge < -0.3 is 5.32 Å². The highest BCUT2D eigenvalue weighted by molar-refractivity contribution is 8.00. The normalized spacial score (nSPS) is 21.0. The van der Waals surface area contributed by atoms with Crippen molar-refractivity contribution in [2.45, 2.75) is 95.9 Å². The number of thioether (sulfide) groups is 1. The molecule has 0 bridgehead atoms. The van der Waals surface area contributed by atoms with Crippen LogP contribution in [0.2, 0.25) is 0 Å². The zero-order valence-electron chi connectivity index (χ0n) is 20.6. The van der Waals surface area contributed by atoms with Crippen LogP contribution in [0.1, 0.15) is 99.3 Å². The van der Waals surface area contributed by atoms with Crippen LogP contribution in [0.15, 0.2) is 18.2 Å². The molecule has 2 heterocycles. The average molecular weight is 483 g/mol. The van der Waals surface area contributed by atoms with E-state index in [0.717, 1.165) is 23.6 Å². The van der Waals surface area contributed by atoms with Gasteiger partial charge in [0, 0.05) is 17.5 Å². The lowest BCUT2D eigenvalue weighted by atomic mass is 9.82. The number of benzene rings is 1. The van der Waals surface area contributed by atoms with Crippen LogP contribution in [0, 0.1) is 5.92 Å². The van der Waals surface area contributed by atoms with Gasteiger partial charge in [0.05, 0.1) is 10.6 Å². The van der Waals surface area contributed by atoms with E-state index >= 15 is 0 Å². The lowest BCUT2D eigenvalue weighted by Crippen LogP contribution is -2.43. The second kappa shape index (κ2) is 9.03. The number of amides is 1. The van der Waals surface area contributed by atoms with Gasteiger partial charge in [-0.3, -0.25) is 4.79 Å². The van der Waals surface area contributed by atoms with Gasteiger partial charge in [-0.1, -0.05) is 65.9 Å². The molecular weight excluding hydrogens is 444 g/mol. The van der Waals surface area contributed by atoms with Crippen LogP contribution in [0.3, 0.4) is 0 Å². The minimum atomic E-state index is 0.0165. The summed E-state index contributed by atoms with van der Waals surface area (Å²) in [5.74, 6) is 2.76. The molecule has 0 spiro atoms. The van der Waals surface area contributed by atoms with E-state index in [1.807, 2.05) is 11.8 Å². The second-order valence-electron chi connectivity index (χ2n) is 11.8. The Balaban J connectivity index is 1.54. The predicted octanol–water partition coefficient (Wildman–Crippen LogP) is 7.13. The molecule has 5 rings (SSSR count). The van der Waals surface area contributed by atoms with Gasteiger partial charge in [0.1, 0.15) is 0 Å². The third-order valence-electron chi connectivity index (χ3n) is 7.83. The number of nitrogens with zero attached hydrogens (tertiary/aromatic N) is 1. The highest BCUT2D eigenvalue weighted by Crippen LogP contribution is 2.50. The van der Waals surface area contributed by atoms with Crippen LogP contribution in [0.25, 0.3) is 10.4 Å². The molecule has 3 aliphatic rings. The van der Waals surface area contributed by atoms with Crippen molar-refractivity contribution in [1.82, 2.24) is 10.3 Å². The van der Waals surface area contributed by atoms with Crippen molar-refractivity contribution >= 4 is 29.0 Å². The summed E-state index contributed by atoms with van der Waals surface area (Å²) in [5.41, 5.74) is 5.67. The molecule has 1 aliphatic heterocycles. The Labute approximate surface area is 207 Å². The fourth-order valence-corrected chi connectivity index (χ4v) is 6.68. The number of aromatic nitrogens is 1.